The molecule has 1 amide bonds. The fourth-order valence-electron chi connectivity index (χ4n) is 2.42. The van der Waals surface area contributed by atoms with Gasteiger partial charge in [-0.2, -0.15) is 0 Å². The monoisotopic (exact) mass is 246 g/mol. The number of hydrogen-bond donors (Lipinski definition) is 2. The first-order valence-corrected chi connectivity index (χ1v) is 6.93. The van der Waals surface area contributed by atoms with E-state index in [0.717, 1.165) is 31.5 Å². The van der Waals surface area contributed by atoms with Gasteiger partial charge in [0.25, 0.3) is 0 Å². The van der Waals surface area contributed by atoms with Gasteiger partial charge in [-0.05, 0) is 37.4 Å². The first kappa shape index (κ1) is 13.1. The van der Waals surface area contributed by atoms with Crippen LogP contribution in [0, 0.1) is 0 Å². The van der Waals surface area contributed by atoms with E-state index in [-0.39, 0.29) is 11.9 Å². The smallest absolute Gasteiger partial charge is 0.241 e. The largest absolute Gasteiger partial charge is 0.324 e. The van der Waals surface area contributed by atoms with Crippen LogP contribution in [-0.2, 0) is 11.2 Å². The van der Waals surface area contributed by atoms with Crippen LogP contribution in [-0.4, -0.2) is 18.5 Å². The van der Waals surface area contributed by atoms with Crippen molar-refractivity contribution in [3.8, 4) is 0 Å². The van der Waals surface area contributed by atoms with Crippen molar-refractivity contribution in [2.24, 2.45) is 0 Å². The second kappa shape index (κ2) is 6.55. The molecule has 98 valence electrons. The molecule has 1 aliphatic rings. The van der Waals surface area contributed by atoms with Crippen LogP contribution in [0.1, 0.15) is 38.2 Å². The third kappa shape index (κ3) is 3.33. The molecule has 1 saturated heterocycles. The SMILES string of the molecule is CCc1ccccc1NC(=O)C1CCCCCN1. The Labute approximate surface area is 109 Å². The van der Waals surface area contributed by atoms with Crippen LogP contribution >= 0.6 is 0 Å². The number of aryl methyl sites for hydroxylation is 1. The maximum atomic E-state index is 12.2. The molecule has 3 nitrogen and oxygen atoms in total. The molecule has 1 aromatic carbocycles. The predicted molar refractivity (Wildman–Crippen MR) is 74.7 cm³/mol. The minimum Gasteiger partial charge on any atom is -0.324 e. The van der Waals surface area contributed by atoms with E-state index in [1.54, 1.807) is 0 Å². The number of amides is 1. The molecule has 0 radical (unpaired) electrons. The third-order valence-corrected chi connectivity index (χ3v) is 3.53. The highest BCUT2D eigenvalue weighted by Gasteiger charge is 2.19. The normalized spacial score (nSPS) is 20.2. The van der Waals surface area contributed by atoms with Crippen molar-refractivity contribution in [3.63, 3.8) is 0 Å². The highest BCUT2D eigenvalue weighted by Crippen LogP contribution is 2.17. The summed E-state index contributed by atoms with van der Waals surface area (Å²) in [5.74, 6) is 0.109. The summed E-state index contributed by atoms with van der Waals surface area (Å²) in [7, 11) is 0. The van der Waals surface area contributed by atoms with E-state index in [4.69, 9.17) is 0 Å². The zero-order valence-corrected chi connectivity index (χ0v) is 11.0. The van der Waals surface area contributed by atoms with Gasteiger partial charge in [-0.15, -0.1) is 0 Å². The summed E-state index contributed by atoms with van der Waals surface area (Å²) >= 11 is 0. The number of hydrogen-bond acceptors (Lipinski definition) is 2. The molecule has 1 heterocycles. The molecule has 18 heavy (non-hydrogen) atoms. The van der Waals surface area contributed by atoms with Crippen LogP contribution in [0.4, 0.5) is 5.69 Å². The summed E-state index contributed by atoms with van der Waals surface area (Å²) in [6, 6.07) is 7.99. The zero-order chi connectivity index (χ0) is 12.8. The molecule has 1 unspecified atom stereocenters. The van der Waals surface area contributed by atoms with Crippen LogP contribution in [0.25, 0.3) is 0 Å². The minimum absolute atomic E-state index is 0.0302. The molecule has 2 rings (SSSR count). The van der Waals surface area contributed by atoms with Crippen LogP contribution in [0.3, 0.4) is 0 Å². The topological polar surface area (TPSA) is 41.1 Å². The van der Waals surface area contributed by atoms with E-state index in [1.807, 2.05) is 18.2 Å². The Morgan fingerprint density at radius 2 is 2.17 bits per heavy atom. The summed E-state index contributed by atoms with van der Waals surface area (Å²) in [5, 5.41) is 6.38. The van der Waals surface area contributed by atoms with E-state index in [9.17, 15) is 4.79 Å². The average molecular weight is 246 g/mol. The van der Waals surface area contributed by atoms with Gasteiger partial charge >= 0.3 is 0 Å². The molecule has 1 aromatic rings. The first-order chi connectivity index (χ1) is 8.81. The number of carbonyl (C=O) groups is 1. The van der Waals surface area contributed by atoms with Crippen molar-refractivity contribution in [3.05, 3.63) is 29.8 Å². The molecule has 0 aromatic heterocycles. The number of rotatable bonds is 3. The average Bonchev–Trinajstić information content (AvgIpc) is 2.68. The van der Waals surface area contributed by atoms with Crippen molar-refractivity contribution < 1.29 is 4.79 Å². The molecule has 0 spiro atoms. The summed E-state index contributed by atoms with van der Waals surface area (Å²) in [6.07, 6.45) is 5.42. The number of benzene rings is 1. The van der Waals surface area contributed by atoms with Gasteiger partial charge in [0, 0.05) is 5.69 Å². The number of anilines is 1. The lowest BCUT2D eigenvalue weighted by Crippen LogP contribution is -2.40. The Kier molecular flexibility index (Phi) is 4.76. The molecule has 1 fully saturated rings. The van der Waals surface area contributed by atoms with E-state index in [1.165, 1.54) is 18.4 Å². The molecular formula is C15H22N2O. The van der Waals surface area contributed by atoms with Crippen LogP contribution in [0.2, 0.25) is 0 Å². The molecule has 1 aliphatic heterocycles. The van der Waals surface area contributed by atoms with Gasteiger partial charge in [0.05, 0.1) is 6.04 Å². The Balaban J connectivity index is 2.01. The van der Waals surface area contributed by atoms with Gasteiger partial charge in [0.15, 0.2) is 0 Å². The van der Waals surface area contributed by atoms with Gasteiger partial charge in [-0.3, -0.25) is 4.79 Å². The Morgan fingerprint density at radius 1 is 1.33 bits per heavy atom. The Morgan fingerprint density at radius 3 is 3.00 bits per heavy atom. The summed E-state index contributed by atoms with van der Waals surface area (Å²) in [5.41, 5.74) is 2.15. The maximum absolute atomic E-state index is 12.2. The van der Waals surface area contributed by atoms with Gasteiger partial charge in [0.1, 0.15) is 0 Å². The van der Waals surface area contributed by atoms with E-state index in [2.05, 4.69) is 23.6 Å². The Bertz CT molecular complexity index is 395. The van der Waals surface area contributed by atoms with Crippen molar-refractivity contribution in [1.82, 2.24) is 5.32 Å². The summed E-state index contributed by atoms with van der Waals surface area (Å²) in [6.45, 7) is 3.06. The third-order valence-electron chi connectivity index (χ3n) is 3.53. The molecule has 0 bridgehead atoms. The standard InChI is InChI=1S/C15H22N2O/c1-2-12-8-5-6-9-13(12)17-15(18)14-10-4-3-7-11-16-14/h5-6,8-9,14,16H,2-4,7,10-11H2,1H3,(H,17,18). The lowest BCUT2D eigenvalue weighted by atomic mass is 10.1. The molecule has 1 atom stereocenters. The predicted octanol–water partition coefficient (Wildman–Crippen LogP) is 2.72. The van der Waals surface area contributed by atoms with Crippen LogP contribution in [0.15, 0.2) is 24.3 Å². The molecule has 0 aliphatic carbocycles. The zero-order valence-electron chi connectivity index (χ0n) is 11.0. The quantitative estimate of drug-likeness (QED) is 0.861. The first-order valence-electron chi connectivity index (χ1n) is 6.93. The maximum Gasteiger partial charge on any atom is 0.241 e. The highest BCUT2D eigenvalue weighted by molar-refractivity contribution is 5.95. The second-order valence-corrected chi connectivity index (χ2v) is 4.86. The van der Waals surface area contributed by atoms with Gasteiger partial charge < -0.3 is 10.6 Å². The minimum atomic E-state index is -0.0302. The van der Waals surface area contributed by atoms with Crippen LogP contribution in [0.5, 0.6) is 0 Å². The lowest BCUT2D eigenvalue weighted by molar-refractivity contribution is -0.118. The number of carbonyl (C=O) groups excluding carboxylic acids is 1. The molecule has 0 saturated carbocycles. The van der Waals surface area contributed by atoms with Gasteiger partial charge in [0.2, 0.25) is 5.91 Å². The van der Waals surface area contributed by atoms with E-state index >= 15 is 0 Å². The van der Waals surface area contributed by atoms with Crippen molar-refractivity contribution in [2.45, 2.75) is 45.1 Å². The van der Waals surface area contributed by atoms with Gasteiger partial charge in [-0.1, -0.05) is 38.0 Å². The fraction of sp³-hybridized carbons (Fsp3) is 0.533. The summed E-state index contributed by atoms with van der Waals surface area (Å²) < 4.78 is 0. The summed E-state index contributed by atoms with van der Waals surface area (Å²) in [4.78, 5) is 12.2. The fourth-order valence-corrected chi connectivity index (χ4v) is 2.42. The van der Waals surface area contributed by atoms with Crippen molar-refractivity contribution >= 4 is 11.6 Å². The molecular weight excluding hydrogens is 224 g/mol. The highest BCUT2D eigenvalue weighted by atomic mass is 16.2. The van der Waals surface area contributed by atoms with E-state index in [0.29, 0.717) is 0 Å². The molecule has 3 heteroatoms. The van der Waals surface area contributed by atoms with Crippen molar-refractivity contribution in [1.29, 1.82) is 0 Å². The number of nitrogens with one attached hydrogen (secondary N) is 2. The van der Waals surface area contributed by atoms with Gasteiger partial charge in [-0.25, -0.2) is 0 Å². The second-order valence-electron chi connectivity index (χ2n) is 4.86. The molecule has 2 N–H and O–H groups in total. The van der Waals surface area contributed by atoms with Crippen molar-refractivity contribution in [2.75, 3.05) is 11.9 Å². The Hall–Kier alpha value is -1.35. The van der Waals surface area contributed by atoms with Crippen LogP contribution < -0.4 is 10.6 Å². The number of para-hydroxylation sites is 1. The lowest BCUT2D eigenvalue weighted by Gasteiger charge is -2.17. The van der Waals surface area contributed by atoms with E-state index < -0.39 is 0 Å².